The van der Waals surface area contributed by atoms with Gasteiger partial charge in [-0.3, -0.25) is 0 Å². The molecule has 1 aromatic carbocycles. The second kappa shape index (κ2) is 4.00. The van der Waals surface area contributed by atoms with Gasteiger partial charge in [0.05, 0.1) is 5.69 Å². The molecule has 0 spiro atoms. The zero-order valence-corrected chi connectivity index (χ0v) is 9.83. The van der Waals surface area contributed by atoms with Gasteiger partial charge >= 0.3 is 0 Å². The summed E-state index contributed by atoms with van der Waals surface area (Å²) in [4.78, 5) is 4.56. The average molecular weight is 230 g/mol. The normalized spacial score (nSPS) is 15.3. The smallest absolute Gasteiger partial charge is 0.123 e. The summed E-state index contributed by atoms with van der Waals surface area (Å²) in [5.74, 6) is 0.765. The van der Waals surface area contributed by atoms with Gasteiger partial charge in [0.2, 0.25) is 0 Å². The number of nitrogens with zero attached hydrogens (tertiary/aromatic N) is 1. The van der Waals surface area contributed by atoms with E-state index in [0.29, 0.717) is 6.54 Å². The van der Waals surface area contributed by atoms with Crippen molar-refractivity contribution in [1.82, 2.24) is 4.98 Å². The first-order chi connectivity index (χ1) is 7.88. The molecule has 0 bridgehead atoms. The van der Waals surface area contributed by atoms with Crippen molar-refractivity contribution in [2.75, 3.05) is 0 Å². The van der Waals surface area contributed by atoms with Crippen molar-refractivity contribution in [3.05, 3.63) is 40.9 Å². The van der Waals surface area contributed by atoms with Crippen molar-refractivity contribution in [3.63, 3.8) is 0 Å². The van der Waals surface area contributed by atoms with E-state index in [1.54, 1.807) is 11.3 Å². The van der Waals surface area contributed by atoms with Crippen LogP contribution in [0.3, 0.4) is 0 Å². The van der Waals surface area contributed by atoms with E-state index in [1.165, 1.54) is 24.0 Å². The molecule has 16 heavy (non-hydrogen) atoms. The molecule has 0 atom stereocenters. The van der Waals surface area contributed by atoms with Gasteiger partial charge in [-0.15, -0.1) is 11.3 Å². The minimum Gasteiger partial charge on any atom is -0.325 e. The molecule has 1 aromatic heterocycles. The highest BCUT2D eigenvalue weighted by Gasteiger charge is 2.26. The first kappa shape index (κ1) is 10.00. The second-order valence-corrected chi connectivity index (χ2v) is 5.07. The molecule has 1 saturated carbocycles. The number of hydrogen-bond acceptors (Lipinski definition) is 3. The first-order valence-corrected chi connectivity index (χ1v) is 6.50. The van der Waals surface area contributed by atoms with Crippen LogP contribution in [0.5, 0.6) is 0 Å². The molecule has 0 amide bonds. The van der Waals surface area contributed by atoms with Crippen LogP contribution < -0.4 is 5.73 Å². The monoisotopic (exact) mass is 230 g/mol. The van der Waals surface area contributed by atoms with E-state index in [-0.39, 0.29) is 0 Å². The average Bonchev–Trinajstić information content (AvgIpc) is 3.07. The van der Waals surface area contributed by atoms with Crippen LogP contribution in [-0.2, 0) is 6.54 Å². The predicted octanol–water partition coefficient (Wildman–Crippen LogP) is 3.15. The van der Waals surface area contributed by atoms with Crippen LogP contribution in [0.1, 0.15) is 30.0 Å². The van der Waals surface area contributed by atoms with Gasteiger partial charge in [0, 0.05) is 17.5 Å². The summed E-state index contributed by atoms with van der Waals surface area (Å²) in [7, 11) is 0. The standard InChI is InChI=1S/C13H14N2S/c14-7-10-8-16-13(15-10)12-4-2-1-3-11(12)9-5-6-9/h1-4,8-9H,5-7,14H2. The lowest BCUT2D eigenvalue weighted by Crippen LogP contribution is -1.96. The van der Waals surface area contributed by atoms with Crippen LogP contribution in [0.15, 0.2) is 29.6 Å². The summed E-state index contributed by atoms with van der Waals surface area (Å²) < 4.78 is 0. The van der Waals surface area contributed by atoms with E-state index in [0.717, 1.165) is 16.6 Å². The molecule has 2 nitrogen and oxygen atoms in total. The summed E-state index contributed by atoms with van der Waals surface area (Å²) in [6.07, 6.45) is 2.65. The Bertz CT molecular complexity index is 500. The molecule has 0 aliphatic heterocycles. The molecule has 0 radical (unpaired) electrons. The molecule has 3 rings (SSSR count). The second-order valence-electron chi connectivity index (χ2n) is 4.21. The van der Waals surface area contributed by atoms with Gasteiger partial charge in [0.1, 0.15) is 5.01 Å². The summed E-state index contributed by atoms with van der Waals surface area (Å²) in [5.41, 5.74) is 9.35. The summed E-state index contributed by atoms with van der Waals surface area (Å²) in [5, 5.41) is 3.17. The van der Waals surface area contributed by atoms with Gasteiger partial charge in [0.25, 0.3) is 0 Å². The lowest BCUT2D eigenvalue weighted by molar-refractivity contribution is 1.01. The number of aromatic nitrogens is 1. The Morgan fingerprint density at radius 3 is 2.81 bits per heavy atom. The van der Waals surface area contributed by atoms with Crippen LogP contribution in [-0.4, -0.2) is 4.98 Å². The number of benzene rings is 1. The van der Waals surface area contributed by atoms with E-state index < -0.39 is 0 Å². The highest BCUT2D eigenvalue weighted by Crippen LogP contribution is 2.44. The molecule has 1 aliphatic rings. The zero-order valence-electron chi connectivity index (χ0n) is 9.02. The summed E-state index contributed by atoms with van der Waals surface area (Å²) >= 11 is 1.70. The molecule has 2 N–H and O–H groups in total. The Morgan fingerprint density at radius 1 is 1.31 bits per heavy atom. The van der Waals surface area contributed by atoms with Crippen LogP contribution >= 0.6 is 11.3 Å². The SMILES string of the molecule is NCc1csc(-c2ccccc2C2CC2)n1. The predicted molar refractivity (Wildman–Crippen MR) is 67.4 cm³/mol. The molecule has 2 aromatic rings. The van der Waals surface area contributed by atoms with Crippen molar-refractivity contribution in [3.8, 4) is 10.6 Å². The fourth-order valence-electron chi connectivity index (χ4n) is 1.97. The fourth-order valence-corrected chi connectivity index (χ4v) is 2.85. The Morgan fingerprint density at radius 2 is 2.12 bits per heavy atom. The summed E-state index contributed by atoms with van der Waals surface area (Å²) in [6, 6.07) is 8.61. The van der Waals surface area contributed by atoms with Gasteiger partial charge < -0.3 is 5.73 Å². The Kier molecular flexibility index (Phi) is 2.50. The number of nitrogens with two attached hydrogens (primary N) is 1. The molecular formula is C13H14N2S. The Labute approximate surface area is 99.1 Å². The minimum atomic E-state index is 0.530. The first-order valence-electron chi connectivity index (χ1n) is 5.62. The topological polar surface area (TPSA) is 38.9 Å². The van der Waals surface area contributed by atoms with E-state index in [2.05, 4.69) is 34.6 Å². The number of hydrogen-bond donors (Lipinski definition) is 1. The van der Waals surface area contributed by atoms with E-state index in [1.807, 2.05) is 0 Å². The third-order valence-electron chi connectivity index (χ3n) is 2.97. The number of thiazole rings is 1. The van der Waals surface area contributed by atoms with E-state index in [9.17, 15) is 0 Å². The lowest BCUT2D eigenvalue weighted by atomic mass is 10.0. The van der Waals surface area contributed by atoms with Crippen molar-refractivity contribution in [2.45, 2.75) is 25.3 Å². The van der Waals surface area contributed by atoms with Gasteiger partial charge in [-0.1, -0.05) is 24.3 Å². The fraction of sp³-hybridized carbons (Fsp3) is 0.308. The maximum atomic E-state index is 5.60. The molecule has 1 heterocycles. The number of rotatable bonds is 3. The maximum Gasteiger partial charge on any atom is 0.123 e. The molecule has 82 valence electrons. The molecule has 3 heteroatoms. The van der Waals surface area contributed by atoms with Crippen molar-refractivity contribution >= 4 is 11.3 Å². The van der Waals surface area contributed by atoms with Gasteiger partial charge in [0.15, 0.2) is 0 Å². The maximum absolute atomic E-state index is 5.60. The van der Waals surface area contributed by atoms with Gasteiger partial charge in [-0.25, -0.2) is 4.98 Å². The zero-order chi connectivity index (χ0) is 11.0. The summed E-state index contributed by atoms with van der Waals surface area (Å²) in [6.45, 7) is 0.530. The van der Waals surface area contributed by atoms with Crippen molar-refractivity contribution < 1.29 is 0 Å². The highest BCUT2D eigenvalue weighted by molar-refractivity contribution is 7.13. The molecular weight excluding hydrogens is 216 g/mol. The lowest BCUT2D eigenvalue weighted by Gasteiger charge is -2.04. The Balaban J connectivity index is 2.04. The van der Waals surface area contributed by atoms with Crippen LogP contribution in [0, 0.1) is 0 Å². The molecule has 1 fully saturated rings. The molecule has 0 saturated heterocycles. The molecule has 0 unspecified atom stereocenters. The third-order valence-corrected chi connectivity index (χ3v) is 3.89. The van der Waals surface area contributed by atoms with Crippen molar-refractivity contribution in [1.29, 1.82) is 0 Å². The highest BCUT2D eigenvalue weighted by atomic mass is 32.1. The quantitative estimate of drug-likeness (QED) is 0.879. The van der Waals surface area contributed by atoms with E-state index >= 15 is 0 Å². The van der Waals surface area contributed by atoms with Gasteiger partial charge in [-0.05, 0) is 24.3 Å². The van der Waals surface area contributed by atoms with Crippen LogP contribution in [0.4, 0.5) is 0 Å². The Hall–Kier alpha value is -1.19. The third kappa shape index (κ3) is 1.77. The van der Waals surface area contributed by atoms with E-state index in [4.69, 9.17) is 5.73 Å². The van der Waals surface area contributed by atoms with Gasteiger partial charge in [-0.2, -0.15) is 0 Å². The van der Waals surface area contributed by atoms with Crippen LogP contribution in [0.25, 0.3) is 10.6 Å². The minimum absolute atomic E-state index is 0.530. The van der Waals surface area contributed by atoms with Crippen molar-refractivity contribution in [2.24, 2.45) is 5.73 Å². The largest absolute Gasteiger partial charge is 0.325 e. The molecule has 1 aliphatic carbocycles. The van der Waals surface area contributed by atoms with Crippen LogP contribution in [0.2, 0.25) is 0 Å².